The van der Waals surface area contributed by atoms with E-state index in [1.54, 1.807) is 30.2 Å². The van der Waals surface area contributed by atoms with Crippen LogP contribution in [0.1, 0.15) is 51.4 Å². The highest BCUT2D eigenvalue weighted by molar-refractivity contribution is 7.87. The summed E-state index contributed by atoms with van der Waals surface area (Å²) in [6, 6.07) is 9.20. The van der Waals surface area contributed by atoms with E-state index in [9.17, 15) is 13.2 Å². The van der Waals surface area contributed by atoms with Crippen LogP contribution in [0.2, 0.25) is 0 Å². The van der Waals surface area contributed by atoms with Crippen LogP contribution in [0.25, 0.3) is 0 Å². The molecule has 0 N–H and O–H groups in total. The van der Waals surface area contributed by atoms with Crippen LogP contribution in [0, 0.1) is 5.92 Å². The van der Waals surface area contributed by atoms with Gasteiger partial charge in [-0.15, -0.1) is 0 Å². The first kappa shape index (κ1) is 23.2. The van der Waals surface area contributed by atoms with Gasteiger partial charge in [0.15, 0.2) is 0 Å². The third-order valence-corrected chi connectivity index (χ3v) is 6.94. The molecule has 0 spiro atoms. The molecule has 0 unspecified atom stereocenters. The molecule has 2 aromatic rings. The lowest BCUT2D eigenvalue weighted by molar-refractivity contribution is -0.139. The highest BCUT2D eigenvalue weighted by atomic mass is 32.2. The van der Waals surface area contributed by atoms with Crippen LogP contribution in [-0.2, 0) is 28.0 Å². The Balaban J connectivity index is 1.93. The number of carbonyl (C=O) groups excluding carboxylic acids is 1. The van der Waals surface area contributed by atoms with Gasteiger partial charge in [-0.1, -0.05) is 12.5 Å². The first-order valence-electron chi connectivity index (χ1n) is 11.0. The molecule has 1 saturated carbocycles. The molecule has 0 radical (unpaired) electrons. The summed E-state index contributed by atoms with van der Waals surface area (Å²) in [5, 5.41) is 0. The Morgan fingerprint density at radius 2 is 1.87 bits per heavy atom. The van der Waals surface area contributed by atoms with Crippen molar-refractivity contribution in [3.63, 3.8) is 0 Å². The maximum atomic E-state index is 13.1. The highest BCUT2D eigenvalue weighted by Gasteiger charge is 2.30. The van der Waals surface area contributed by atoms with Gasteiger partial charge in [-0.25, -0.2) is 0 Å². The van der Waals surface area contributed by atoms with E-state index in [2.05, 4.69) is 4.90 Å². The van der Waals surface area contributed by atoms with Crippen molar-refractivity contribution in [1.82, 2.24) is 4.90 Å². The topological polar surface area (TPSA) is 80.1 Å². The Bertz CT molecular complexity index is 964. The second-order valence-corrected chi connectivity index (χ2v) is 9.65. The van der Waals surface area contributed by atoms with Gasteiger partial charge in [0.25, 0.3) is 0 Å². The average Bonchev–Trinajstić information content (AvgIpc) is 3.21. The van der Waals surface area contributed by atoms with Gasteiger partial charge < -0.3 is 18.4 Å². The molecule has 31 heavy (non-hydrogen) atoms. The SMILES string of the molecule is CCN(CC)c1ccc(CN(Cc2ccco2)C(=O)C2CCC2)c(OS(=O)(=O)CC)c1. The molecule has 1 aromatic heterocycles. The standard InChI is InChI=1S/C23H32N2O5S/c1-4-24(5-2)20-13-12-19(22(15-20)30-31(27,28)6-3)16-25(17-21-11-8-14-29-21)23(26)18-9-7-10-18/h8,11-15,18H,4-7,9-10,16-17H2,1-3H3. The molecule has 1 fully saturated rings. The van der Waals surface area contributed by atoms with Crippen LogP contribution in [0.5, 0.6) is 5.75 Å². The van der Waals surface area contributed by atoms with E-state index in [4.69, 9.17) is 8.60 Å². The quantitative estimate of drug-likeness (QED) is 0.480. The van der Waals surface area contributed by atoms with Crippen molar-refractivity contribution in [2.75, 3.05) is 23.7 Å². The van der Waals surface area contributed by atoms with Crippen LogP contribution in [-0.4, -0.2) is 38.1 Å². The van der Waals surface area contributed by atoms with E-state index in [-0.39, 0.29) is 29.9 Å². The minimum Gasteiger partial charge on any atom is -0.467 e. The molecule has 0 atom stereocenters. The van der Waals surface area contributed by atoms with Gasteiger partial charge >= 0.3 is 10.1 Å². The van der Waals surface area contributed by atoms with Gasteiger partial charge in [-0.05, 0) is 51.8 Å². The molecule has 7 nitrogen and oxygen atoms in total. The van der Waals surface area contributed by atoms with Crippen molar-refractivity contribution >= 4 is 21.7 Å². The van der Waals surface area contributed by atoms with Crippen LogP contribution in [0.15, 0.2) is 41.0 Å². The second kappa shape index (κ2) is 10.2. The molecule has 1 heterocycles. The summed E-state index contributed by atoms with van der Waals surface area (Å²) in [6.07, 6.45) is 4.43. The molecule has 0 saturated heterocycles. The summed E-state index contributed by atoms with van der Waals surface area (Å²) in [4.78, 5) is 17.0. The van der Waals surface area contributed by atoms with Gasteiger partial charge in [-0.3, -0.25) is 4.79 Å². The predicted octanol–water partition coefficient (Wildman–Crippen LogP) is 4.18. The predicted molar refractivity (Wildman–Crippen MR) is 120 cm³/mol. The Morgan fingerprint density at radius 3 is 2.42 bits per heavy atom. The number of rotatable bonds is 11. The van der Waals surface area contributed by atoms with E-state index in [0.717, 1.165) is 38.0 Å². The van der Waals surface area contributed by atoms with E-state index in [1.165, 1.54) is 0 Å². The van der Waals surface area contributed by atoms with Crippen molar-refractivity contribution < 1.29 is 21.8 Å². The lowest BCUT2D eigenvalue weighted by Crippen LogP contribution is -2.38. The molecule has 3 rings (SSSR count). The molecule has 0 bridgehead atoms. The zero-order valence-electron chi connectivity index (χ0n) is 18.5. The summed E-state index contributed by atoms with van der Waals surface area (Å²) in [6.45, 7) is 7.81. The third-order valence-electron chi connectivity index (χ3n) is 5.80. The van der Waals surface area contributed by atoms with Crippen LogP contribution < -0.4 is 9.08 Å². The fraction of sp³-hybridized carbons (Fsp3) is 0.522. The highest BCUT2D eigenvalue weighted by Crippen LogP contribution is 2.32. The number of hydrogen-bond donors (Lipinski definition) is 0. The van der Waals surface area contributed by atoms with Crippen molar-refractivity contribution in [2.45, 2.75) is 53.1 Å². The zero-order valence-corrected chi connectivity index (χ0v) is 19.4. The minimum absolute atomic E-state index is 0.0219. The fourth-order valence-electron chi connectivity index (χ4n) is 3.65. The third kappa shape index (κ3) is 5.81. The minimum atomic E-state index is -3.71. The normalized spacial score (nSPS) is 14.2. The Labute approximate surface area is 185 Å². The number of furan rings is 1. The molecule has 1 aromatic carbocycles. The summed E-state index contributed by atoms with van der Waals surface area (Å²) < 4.78 is 35.4. The van der Waals surface area contributed by atoms with Gasteiger partial charge in [0.2, 0.25) is 5.91 Å². The van der Waals surface area contributed by atoms with Crippen LogP contribution in [0.4, 0.5) is 5.69 Å². The zero-order chi connectivity index (χ0) is 22.4. The summed E-state index contributed by atoms with van der Waals surface area (Å²) in [7, 11) is -3.71. The van der Waals surface area contributed by atoms with Gasteiger partial charge in [0, 0.05) is 42.9 Å². The molecule has 8 heteroatoms. The first-order chi connectivity index (χ1) is 14.9. The number of nitrogens with zero attached hydrogens (tertiary/aromatic N) is 2. The summed E-state index contributed by atoms with van der Waals surface area (Å²) in [5.41, 5.74) is 1.55. The van der Waals surface area contributed by atoms with Crippen LogP contribution >= 0.6 is 0 Å². The lowest BCUT2D eigenvalue weighted by atomic mass is 9.84. The number of carbonyl (C=O) groups is 1. The van der Waals surface area contributed by atoms with E-state index < -0.39 is 10.1 Å². The lowest BCUT2D eigenvalue weighted by Gasteiger charge is -2.32. The maximum absolute atomic E-state index is 13.1. The molecule has 1 aliphatic carbocycles. The maximum Gasteiger partial charge on any atom is 0.308 e. The monoisotopic (exact) mass is 448 g/mol. The number of anilines is 1. The van der Waals surface area contributed by atoms with E-state index >= 15 is 0 Å². The Kier molecular flexibility index (Phi) is 7.64. The second-order valence-electron chi connectivity index (χ2n) is 7.80. The molecule has 1 aliphatic rings. The van der Waals surface area contributed by atoms with Crippen molar-refractivity contribution in [3.05, 3.63) is 47.9 Å². The van der Waals surface area contributed by atoms with Crippen molar-refractivity contribution in [1.29, 1.82) is 0 Å². The van der Waals surface area contributed by atoms with Crippen molar-refractivity contribution in [2.24, 2.45) is 5.92 Å². The Hall–Kier alpha value is -2.48. The van der Waals surface area contributed by atoms with Crippen LogP contribution in [0.3, 0.4) is 0 Å². The fourth-order valence-corrected chi connectivity index (χ4v) is 4.20. The first-order valence-corrected chi connectivity index (χ1v) is 12.6. The number of hydrogen-bond acceptors (Lipinski definition) is 6. The van der Waals surface area contributed by atoms with E-state index in [0.29, 0.717) is 17.9 Å². The molecule has 170 valence electrons. The van der Waals surface area contributed by atoms with Gasteiger partial charge in [-0.2, -0.15) is 8.42 Å². The van der Waals surface area contributed by atoms with Gasteiger partial charge in [0.1, 0.15) is 11.5 Å². The van der Waals surface area contributed by atoms with Gasteiger partial charge in [0.05, 0.1) is 18.6 Å². The largest absolute Gasteiger partial charge is 0.467 e. The summed E-state index contributed by atoms with van der Waals surface area (Å²) >= 11 is 0. The summed E-state index contributed by atoms with van der Waals surface area (Å²) in [5.74, 6) is 0.931. The smallest absolute Gasteiger partial charge is 0.308 e. The van der Waals surface area contributed by atoms with E-state index in [1.807, 2.05) is 32.0 Å². The average molecular weight is 449 g/mol. The Morgan fingerprint density at radius 1 is 1.13 bits per heavy atom. The molecular weight excluding hydrogens is 416 g/mol. The van der Waals surface area contributed by atoms with Crippen molar-refractivity contribution in [3.8, 4) is 5.75 Å². The number of amides is 1. The molecule has 0 aliphatic heterocycles. The molecule has 1 amide bonds. The number of benzene rings is 1. The molecular formula is C23H32N2O5S.